The number of piperazine rings is 4. The average molecular weight is 1430 g/mol. The minimum atomic E-state index is 0.0946. The number of likely N-dealkylation sites (tertiary alicyclic amines) is 4. The molecule has 8 heterocycles. The number of hydrogen-bond acceptors (Lipinski definition) is 12. The Labute approximate surface area is 634 Å². The molecular formula is C88H174N12O2. The summed E-state index contributed by atoms with van der Waals surface area (Å²) >= 11 is 0. The molecule has 8 saturated heterocycles. The van der Waals surface area contributed by atoms with Gasteiger partial charge in [-0.1, -0.05) is 41.5 Å². The monoisotopic (exact) mass is 1430 g/mol. The number of rotatable bonds is 5. The van der Waals surface area contributed by atoms with Gasteiger partial charge in [0.2, 0.25) is 11.8 Å². The molecule has 14 heteroatoms. The van der Waals surface area contributed by atoms with Crippen LogP contribution >= 0.6 is 0 Å². The summed E-state index contributed by atoms with van der Waals surface area (Å²) in [6.45, 7) is 94.3. The van der Waals surface area contributed by atoms with Gasteiger partial charge >= 0.3 is 0 Å². The number of nitrogens with zero attached hydrogens (tertiary/aromatic N) is 12. The van der Waals surface area contributed by atoms with Crippen LogP contribution in [0.1, 0.15) is 310 Å². The topological polar surface area (TPSA) is 73.0 Å². The highest BCUT2D eigenvalue weighted by Gasteiger charge is 2.42. The van der Waals surface area contributed by atoms with Crippen molar-refractivity contribution in [1.82, 2.24) is 58.8 Å². The van der Waals surface area contributed by atoms with Crippen LogP contribution in [0.5, 0.6) is 0 Å². The summed E-state index contributed by atoms with van der Waals surface area (Å²) in [5.41, 5.74) is 3.12. The molecule has 0 unspecified atom stereocenters. The molecule has 10 fully saturated rings. The van der Waals surface area contributed by atoms with E-state index in [2.05, 4.69) is 267 Å². The maximum Gasteiger partial charge on any atom is 0.237 e. The molecule has 10 rings (SSSR count). The lowest BCUT2D eigenvalue weighted by molar-refractivity contribution is -0.143. The van der Waals surface area contributed by atoms with E-state index in [9.17, 15) is 9.59 Å². The van der Waals surface area contributed by atoms with Crippen LogP contribution in [0.25, 0.3) is 0 Å². The van der Waals surface area contributed by atoms with Crippen molar-refractivity contribution in [3.8, 4) is 0 Å². The lowest BCUT2D eigenvalue weighted by Crippen LogP contribution is -2.60. The Morgan fingerprint density at radius 2 is 0.402 bits per heavy atom. The van der Waals surface area contributed by atoms with Gasteiger partial charge in [0, 0.05) is 173 Å². The fraction of sp³-hybridized carbons (Fsp3) is 0.977. The number of amides is 2. The van der Waals surface area contributed by atoms with Gasteiger partial charge in [0.1, 0.15) is 0 Å². The predicted molar refractivity (Wildman–Crippen MR) is 439 cm³/mol. The standard InChI is InChI=1S/3C18H36N2.2C17H33N3O/c1-17(2,3)19-11-7-15(8-12-19)16-9-13-20(14-10-16)18(4,5)6;2*1-17(2,3)15-7-9-16(10-8-15)19-11-13-20(14-12-19)18(4,5)6;2*1-16(2,3)18-9-7-14(8-10-18)20-12-11-19(13-15(20)21)17(4,5)6/h3*15-16H,7-14H2,1-6H3;2*14H,7-13H2,1-6H3. The van der Waals surface area contributed by atoms with Crippen LogP contribution in [-0.4, -0.2) is 283 Å². The molecule has 2 saturated carbocycles. The number of hydrogen-bond donors (Lipinski definition) is 0. The van der Waals surface area contributed by atoms with Crippen LogP contribution in [0.15, 0.2) is 0 Å². The summed E-state index contributed by atoms with van der Waals surface area (Å²) in [5.74, 6) is 4.52. The Bertz CT molecular complexity index is 2100. The zero-order valence-electron chi connectivity index (χ0n) is 73.7. The van der Waals surface area contributed by atoms with Crippen molar-refractivity contribution in [3.63, 3.8) is 0 Å². The summed E-state index contributed by atoms with van der Waals surface area (Å²) in [5, 5.41) is 0. The zero-order valence-corrected chi connectivity index (χ0v) is 73.7. The summed E-state index contributed by atoms with van der Waals surface area (Å²) < 4.78 is 0. The van der Waals surface area contributed by atoms with Crippen molar-refractivity contribution in [2.45, 2.75) is 379 Å². The first kappa shape index (κ1) is 89.4. The minimum Gasteiger partial charge on any atom is -0.337 e. The molecule has 0 aromatic rings. The fourth-order valence-electron chi connectivity index (χ4n) is 19.2. The maximum atomic E-state index is 12.5. The smallest absolute Gasteiger partial charge is 0.237 e. The third-order valence-corrected chi connectivity index (χ3v) is 27.2. The second-order valence-corrected chi connectivity index (χ2v) is 44.3. The third-order valence-electron chi connectivity index (χ3n) is 27.2. The number of piperidine rings is 4. The number of carbonyl (C=O) groups is 2. The van der Waals surface area contributed by atoms with Gasteiger partial charge in [-0.15, -0.1) is 0 Å². The van der Waals surface area contributed by atoms with Crippen molar-refractivity contribution in [2.24, 2.45) is 34.5 Å². The second-order valence-electron chi connectivity index (χ2n) is 44.3. The van der Waals surface area contributed by atoms with E-state index in [1.807, 2.05) is 0 Å². The third kappa shape index (κ3) is 27.5. The van der Waals surface area contributed by atoms with Gasteiger partial charge < -0.3 is 9.80 Å². The largest absolute Gasteiger partial charge is 0.337 e. The molecule has 102 heavy (non-hydrogen) atoms. The van der Waals surface area contributed by atoms with Gasteiger partial charge in [0.05, 0.1) is 13.1 Å². The Morgan fingerprint density at radius 1 is 0.206 bits per heavy atom. The average Bonchev–Trinajstić information content (AvgIpc) is 0.834. The molecule has 598 valence electrons. The van der Waals surface area contributed by atoms with Crippen molar-refractivity contribution >= 4 is 11.8 Å². The van der Waals surface area contributed by atoms with E-state index in [-0.39, 0.29) is 22.2 Å². The molecule has 8 aliphatic heterocycles. The van der Waals surface area contributed by atoms with E-state index in [0.717, 1.165) is 114 Å². The number of carbonyl (C=O) groups excluding carboxylic acids is 2. The molecular weight excluding hydrogens is 1260 g/mol. The van der Waals surface area contributed by atoms with E-state index in [1.54, 1.807) is 0 Å². The van der Waals surface area contributed by atoms with Crippen LogP contribution in [-0.2, 0) is 9.59 Å². The molecule has 0 N–H and O–H groups in total. The van der Waals surface area contributed by atoms with Gasteiger partial charge in [-0.05, 0) is 330 Å². The molecule has 10 aliphatic rings. The van der Waals surface area contributed by atoms with Crippen LogP contribution in [0.2, 0.25) is 0 Å². The molecule has 0 radical (unpaired) electrons. The molecule has 0 aromatic carbocycles. The fourth-order valence-corrected chi connectivity index (χ4v) is 19.2. The van der Waals surface area contributed by atoms with Gasteiger partial charge in [-0.2, -0.15) is 0 Å². The summed E-state index contributed by atoms with van der Waals surface area (Å²) in [4.78, 5) is 55.2. The van der Waals surface area contributed by atoms with E-state index in [0.29, 0.717) is 70.0 Å². The van der Waals surface area contributed by atoms with Gasteiger partial charge in [-0.25, -0.2) is 0 Å². The van der Waals surface area contributed by atoms with Gasteiger partial charge in [0.15, 0.2) is 0 Å². The van der Waals surface area contributed by atoms with E-state index < -0.39 is 0 Å². The lowest BCUT2D eigenvalue weighted by Gasteiger charge is -2.47. The normalized spacial score (nSPS) is 27.6. The molecule has 2 amide bonds. The van der Waals surface area contributed by atoms with Crippen molar-refractivity contribution in [3.05, 3.63) is 0 Å². The van der Waals surface area contributed by atoms with E-state index >= 15 is 0 Å². The quantitative estimate of drug-likeness (QED) is 0.263. The molecule has 0 atom stereocenters. The molecule has 14 nitrogen and oxygen atoms in total. The summed E-state index contributed by atoms with van der Waals surface area (Å²) in [6, 6.07) is 2.66. The zero-order chi connectivity index (χ0) is 76.6. The highest BCUT2D eigenvalue weighted by atomic mass is 16.2. The first-order valence-corrected chi connectivity index (χ1v) is 42.8. The van der Waals surface area contributed by atoms with Gasteiger partial charge in [-0.3, -0.25) is 58.6 Å². The van der Waals surface area contributed by atoms with E-state index in [4.69, 9.17) is 0 Å². The van der Waals surface area contributed by atoms with Crippen molar-refractivity contribution in [1.29, 1.82) is 0 Å². The van der Waals surface area contributed by atoms with Crippen molar-refractivity contribution < 1.29 is 9.59 Å². The highest BCUT2D eigenvalue weighted by molar-refractivity contribution is 5.80. The molecule has 0 aromatic heterocycles. The van der Waals surface area contributed by atoms with Crippen molar-refractivity contribution in [2.75, 3.05) is 144 Å². The Kier molecular flexibility index (Phi) is 32.1. The van der Waals surface area contributed by atoms with Gasteiger partial charge in [0.25, 0.3) is 0 Å². The Hall–Kier alpha value is -1.46. The summed E-state index contributed by atoms with van der Waals surface area (Å²) in [7, 11) is 0. The lowest BCUT2D eigenvalue weighted by atomic mass is 9.71. The SMILES string of the molecule is CC(C)(C)C1CCC(N2CCN(C(C)(C)C)CC2)CC1.CC(C)(C)C1CCC(N2CCN(C(C)(C)C)CC2)CC1.CC(C)(C)N1CCC(C2CCN(C(C)(C)C)CC2)CC1.CC(C)(C)N1CCC(N2CCN(C(C)(C)C)CC2=O)CC1.CC(C)(C)N1CCC(N2CCN(C(C)(C)C)CC2=O)CC1. The highest BCUT2D eigenvalue weighted by Crippen LogP contribution is 2.42. The molecule has 2 aliphatic carbocycles. The second kappa shape index (κ2) is 36.6. The summed E-state index contributed by atoms with van der Waals surface area (Å²) in [6.07, 6.45) is 21.7. The van der Waals surface area contributed by atoms with Crippen LogP contribution in [0.4, 0.5) is 0 Å². The maximum absolute atomic E-state index is 12.5. The first-order chi connectivity index (χ1) is 46.7. The molecule has 0 bridgehead atoms. The molecule has 0 spiro atoms. The Balaban J connectivity index is 0.000000200. The van der Waals surface area contributed by atoms with Crippen LogP contribution in [0.3, 0.4) is 0 Å². The minimum absolute atomic E-state index is 0.0946. The first-order valence-electron chi connectivity index (χ1n) is 42.8. The van der Waals surface area contributed by atoms with E-state index in [1.165, 1.54) is 156 Å². The Morgan fingerprint density at radius 3 is 0.598 bits per heavy atom. The predicted octanol–water partition coefficient (Wildman–Crippen LogP) is 16.4. The van der Waals surface area contributed by atoms with Crippen LogP contribution < -0.4 is 0 Å². The van der Waals surface area contributed by atoms with Crippen LogP contribution in [0, 0.1) is 34.5 Å².